The van der Waals surface area contributed by atoms with E-state index in [-0.39, 0.29) is 12.6 Å². The second-order valence-corrected chi connectivity index (χ2v) is 8.34. The highest BCUT2D eigenvalue weighted by Crippen LogP contribution is 2.49. The number of hydrogen-bond donors (Lipinski definition) is 0. The molecule has 2 aromatic rings. The normalized spacial score (nSPS) is 23.4. The maximum absolute atomic E-state index is 12.2. The SMILES string of the molecule is COc1cccc(-c2nc(COC(=O)C[C@H]3C[C@@H]4CC[C@@H]3C4)cs2)c1OC. The number of fused-ring (bicyclic) bond motifs is 2. The fourth-order valence-corrected chi connectivity index (χ4v) is 5.43. The number of rotatable bonds is 7. The molecular formula is C21H25NO4S. The Morgan fingerprint density at radius 2 is 2.11 bits per heavy atom. The van der Waals surface area contributed by atoms with Crippen LogP contribution in [-0.2, 0) is 16.1 Å². The number of benzene rings is 1. The Morgan fingerprint density at radius 1 is 1.22 bits per heavy atom. The molecule has 0 spiro atoms. The first-order chi connectivity index (χ1) is 13.2. The minimum absolute atomic E-state index is 0.0962. The van der Waals surface area contributed by atoms with Gasteiger partial charge in [0.25, 0.3) is 0 Å². The molecule has 2 aliphatic carbocycles. The monoisotopic (exact) mass is 387 g/mol. The van der Waals surface area contributed by atoms with Crippen LogP contribution in [0.2, 0.25) is 0 Å². The van der Waals surface area contributed by atoms with Crippen molar-refractivity contribution in [3.8, 4) is 22.1 Å². The highest BCUT2D eigenvalue weighted by Gasteiger charge is 2.40. The van der Waals surface area contributed by atoms with Crippen LogP contribution in [0.5, 0.6) is 11.5 Å². The molecule has 1 aromatic carbocycles. The Labute approximate surface area is 163 Å². The lowest BCUT2D eigenvalue weighted by atomic mass is 9.86. The lowest BCUT2D eigenvalue weighted by molar-refractivity contribution is -0.146. The van der Waals surface area contributed by atoms with Crippen molar-refractivity contribution in [3.05, 3.63) is 29.3 Å². The van der Waals surface area contributed by atoms with Gasteiger partial charge in [0.15, 0.2) is 11.5 Å². The van der Waals surface area contributed by atoms with Crippen LogP contribution in [0.15, 0.2) is 23.6 Å². The van der Waals surface area contributed by atoms with E-state index in [0.717, 1.165) is 28.1 Å². The highest BCUT2D eigenvalue weighted by molar-refractivity contribution is 7.13. The number of ether oxygens (including phenoxy) is 3. The van der Waals surface area contributed by atoms with Crippen molar-refractivity contribution in [2.24, 2.45) is 17.8 Å². The van der Waals surface area contributed by atoms with Gasteiger partial charge >= 0.3 is 5.97 Å². The summed E-state index contributed by atoms with van der Waals surface area (Å²) in [6.07, 6.45) is 5.72. The number of para-hydroxylation sites is 1. The molecule has 3 atom stereocenters. The van der Waals surface area contributed by atoms with E-state index in [2.05, 4.69) is 4.98 Å². The van der Waals surface area contributed by atoms with Gasteiger partial charge in [-0.05, 0) is 49.1 Å². The average molecular weight is 388 g/mol. The van der Waals surface area contributed by atoms with E-state index in [1.165, 1.54) is 37.0 Å². The first-order valence-corrected chi connectivity index (χ1v) is 10.4. The number of nitrogens with zero attached hydrogens (tertiary/aromatic N) is 1. The van der Waals surface area contributed by atoms with Crippen LogP contribution in [-0.4, -0.2) is 25.2 Å². The van der Waals surface area contributed by atoms with Crippen molar-refractivity contribution in [2.45, 2.75) is 38.7 Å². The highest BCUT2D eigenvalue weighted by atomic mass is 32.1. The fraction of sp³-hybridized carbons (Fsp3) is 0.524. The van der Waals surface area contributed by atoms with Crippen molar-refractivity contribution in [1.29, 1.82) is 0 Å². The lowest BCUT2D eigenvalue weighted by Crippen LogP contribution is -2.17. The summed E-state index contributed by atoms with van der Waals surface area (Å²) in [5.74, 6) is 3.36. The second-order valence-electron chi connectivity index (χ2n) is 7.48. The Morgan fingerprint density at radius 3 is 2.81 bits per heavy atom. The molecule has 2 aliphatic rings. The van der Waals surface area contributed by atoms with Crippen LogP contribution < -0.4 is 9.47 Å². The molecule has 0 radical (unpaired) electrons. The van der Waals surface area contributed by atoms with E-state index in [1.54, 1.807) is 14.2 Å². The van der Waals surface area contributed by atoms with Gasteiger partial charge in [-0.1, -0.05) is 12.5 Å². The minimum atomic E-state index is -0.0962. The summed E-state index contributed by atoms with van der Waals surface area (Å²) < 4.78 is 16.3. The van der Waals surface area contributed by atoms with Gasteiger partial charge in [0.2, 0.25) is 0 Å². The molecule has 2 saturated carbocycles. The maximum atomic E-state index is 12.2. The van der Waals surface area contributed by atoms with Crippen LogP contribution in [0.1, 0.15) is 37.8 Å². The molecular weight excluding hydrogens is 362 g/mol. The van der Waals surface area contributed by atoms with Gasteiger partial charge in [0.1, 0.15) is 11.6 Å². The summed E-state index contributed by atoms with van der Waals surface area (Å²) in [7, 11) is 3.23. The van der Waals surface area contributed by atoms with Crippen molar-refractivity contribution in [3.63, 3.8) is 0 Å². The third-order valence-corrected chi connectivity index (χ3v) is 6.80. The molecule has 6 heteroatoms. The first kappa shape index (κ1) is 18.3. The topological polar surface area (TPSA) is 57.7 Å². The number of esters is 1. The van der Waals surface area contributed by atoms with E-state index < -0.39 is 0 Å². The van der Waals surface area contributed by atoms with Crippen LogP contribution in [0.4, 0.5) is 0 Å². The molecule has 0 N–H and O–H groups in total. The molecule has 2 fully saturated rings. The molecule has 5 nitrogen and oxygen atoms in total. The molecule has 27 heavy (non-hydrogen) atoms. The van der Waals surface area contributed by atoms with Crippen LogP contribution in [0, 0.1) is 17.8 Å². The minimum Gasteiger partial charge on any atom is -0.493 e. The largest absolute Gasteiger partial charge is 0.493 e. The van der Waals surface area contributed by atoms with Crippen molar-refractivity contribution in [2.75, 3.05) is 14.2 Å². The Hall–Kier alpha value is -2.08. The lowest BCUT2D eigenvalue weighted by Gasteiger charge is -2.20. The quantitative estimate of drug-likeness (QED) is 0.645. The van der Waals surface area contributed by atoms with Gasteiger partial charge < -0.3 is 14.2 Å². The van der Waals surface area contributed by atoms with Crippen LogP contribution >= 0.6 is 11.3 Å². The van der Waals surface area contributed by atoms with E-state index in [9.17, 15) is 4.79 Å². The van der Waals surface area contributed by atoms with Gasteiger partial charge in [0, 0.05) is 11.8 Å². The molecule has 0 aliphatic heterocycles. The Bertz CT molecular complexity index is 818. The Kier molecular flexibility index (Phi) is 5.34. The summed E-state index contributed by atoms with van der Waals surface area (Å²) in [5.41, 5.74) is 1.64. The summed E-state index contributed by atoms with van der Waals surface area (Å²) >= 11 is 1.51. The molecule has 0 amide bonds. The molecule has 144 valence electrons. The summed E-state index contributed by atoms with van der Waals surface area (Å²) in [5, 5.41) is 2.75. The van der Waals surface area contributed by atoms with E-state index in [0.29, 0.717) is 23.8 Å². The molecule has 1 heterocycles. The number of carbonyl (C=O) groups excluding carboxylic acids is 1. The second kappa shape index (κ2) is 7.89. The smallest absolute Gasteiger partial charge is 0.306 e. The maximum Gasteiger partial charge on any atom is 0.306 e. The zero-order chi connectivity index (χ0) is 18.8. The van der Waals surface area contributed by atoms with Crippen LogP contribution in [0.3, 0.4) is 0 Å². The number of carbonyl (C=O) groups is 1. The molecule has 1 aromatic heterocycles. The van der Waals surface area contributed by atoms with Crippen LogP contribution in [0.25, 0.3) is 10.6 Å². The molecule has 2 bridgehead atoms. The molecule has 0 saturated heterocycles. The zero-order valence-corrected chi connectivity index (χ0v) is 16.6. The Balaban J connectivity index is 1.36. The predicted molar refractivity (Wildman–Crippen MR) is 104 cm³/mol. The molecule has 0 unspecified atom stereocenters. The zero-order valence-electron chi connectivity index (χ0n) is 15.8. The number of methoxy groups -OCH3 is 2. The van der Waals surface area contributed by atoms with Crippen molar-refractivity contribution < 1.29 is 19.0 Å². The first-order valence-electron chi connectivity index (χ1n) is 9.49. The van der Waals surface area contributed by atoms with Crippen molar-refractivity contribution >= 4 is 17.3 Å². The fourth-order valence-electron chi connectivity index (χ4n) is 4.61. The predicted octanol–water partition coefficient (Wildman–Crippen LogP) is 4.70. The number of thiazole rings is 1. The van der Waals surface area contributed by atoms with E-state index in [4.69, 9.17) is 14.2 Å². The third kappa shape index (κ3) is 3.81. The third-order valence-electron chi connectivity index (χ3n) is 5.88. The standard InChI is InChI=1S/C21H25NO4S/c1-24-18-5-3-4-17(20(18)25-2)21-22-16(12-27-21)11-26-19(23)10-15-9-13-6-7-14(15)8-13/h3-5,12-15H,6-11H2,1-2H3/t13-,14-,15-/m1/s1. The van der Waals surface area contributed by atoms with Gasteiger partial charge in [-0.2, -0.15) is 0 Å². The summed E-state index contributed by atoms with van der Waals surface area (Å²) in [6, 6.07) is 5.71. The van der Waals surface area contributed by atoms with Crippen molar-refractivity contribution in [1.82, 2.24) is 4.98 Å². The molecule has 4 rings (SSSR count). The van der Waals surface area contributed by atoms with Gasteiger partial charge in [-0.3, -0.25) is 4.79 Å². The van der Waals surface area contributed by atoms with Gasteiger partial charge in [-0.25, -0.2) is 4.98 Å². The van der Waals surface area contributed by atoms with Gasteiger partial charge in [-0.15, -0.1) is 11.3 Å². The summed E-state index contributed by atoms with van der Waals surface area (Å²) in [6.45, 7) is 0.225. The summed E-state index contributed by atoms with van der Waals surface area (Å²) in [4.78, 5) is 16.8. The number of aromatic nitrogens is 1. The van der Waals surface area contributed by atoms with Gasteiger partial charge in [0.05, 0.1) is 25.5 Å². The average Bonchev–Trinajstić information content (AvgIpc) is 3.42. The van der Waals surface area contributed by atoms with E-state index in [1.807, 2.05) is 23.6 Å². The number of hydrogen-bond acceptors (Lipinski definition) is 6. The van der Waals surface area contributed by atoms with E-state index >= 15 is 0 Å².